The smallest absolute Gasteiger partial charge is 0.206 e. The van der Waals surface area contributed by atoms with Crippen LogP contribution in [0.1, 0.15) is 17.7 Å². The van der Waals surface area contributed by atoms with Crippen LogP contribution in [0.15, 0.2) is 17.1 Å². The molecule has 0 amide bonds. The maximum absolute atomic E-state index is 5.82. The van der Waals surface area contributed by atoms with E-state index >= 15 is 0 Å². The van der Waals surface area contributed by atoms with Crippen molar-refractivity contribution in [2.45, 2.75) is 25.4 Å². The summed E-state index contributed by atoms with van der Waals surface area (Å²) in [6.45, 7) is 0.608. The van der Waals surface area contributed by atoms with Gasteiger partial charge in [0.2, 0.25) is 5.96 Å². The fourth-order valence-electron chi connectivity index (χ4n) is 1.15. The molecule has 6 heteroatoms. The van der Waals surface area contributed by atoms with Crippen LogP contribution < -0.4 is 16.6 Å². The standard InChI is InChI=1S/C9H13ClN4S/c10-8-4-3-7(15-8)5-12-9(14-11)13-6-1-2-6/h3-4,6H,1-2,5,11H2,(H2,12,13,14). The second-order valence-electron chi connectivity index (χ2n) is 3.43. The van der Waals surface area contributed by atoms with E-state index in [0.717, 1.165) is 9.21 Å². The molecular formula is C9H13ClN4S. The molecule has 0 spiro atoms. The molecule has 0 atom stereocenters. The third-order valence-electron chi connectivity index (χ3n) is 2.08. The minimum Gasteiger partial charge on any atom is -0.353 e. The molecule has 1 aliphatic carbocycles. The van der Waals surface area contributed by atoms with Crippen LogP contribution in [0.5, 0.6) is 0 Å². The molecule has 0 radical (unpaired) electrons. The summed E-state index contributed by atoms with van der Waals surface area (Å²) in [4.78, 5) is 5.46. The molecule has 1 aromatic rings. The number of aliphatic imine (C=N–C) groups is 1. The van der Waals surface area contributed by atoms with E-state index < -0.39 is 0 Å². The van der Waals surface area contributed by atoms with E-state index in [1.807, 2.05) is 12.1 Å². The highest BCUT2D eigenvalue weighted by atomic mass is 35.5. The van der Waals surface area contributed by atoms with Gasteiger partial charge in [-0.1, -0.05) is 11.6 Å². The lowest BCUT2D eigenvalue weighted by atomic mass is 10.5. The highest BCUT2D eigenvalue weighted by molar-refractivity contribution is 7.16. The maximum Gasteiger partial charge on any atom is 0.206 e. The first-order chi connectivity index (χ1) is 7.28. The van der Waals surface area contributed by atoms with Crippen LogP contribution in [-0.2, 0) is 6.54 Å². The summed E-state index contributed by atoms with van der Waals surface area (Å²) in [6, 6.07) is 4.40. The van der Waals surface area contributed by atoms with Crippen molar-refractivity contribution in [2.75, 3.05) is 0 Å². The molecule has 0 aliphatic heterocycles. The zero-order valence-corrected chi connectivity index (χ0v) is 9.74. The van der Waals surface area contributed by atoms with E-state index in [2.05, 4.69) is 15.7 Å². The SMILES string of the molecule is NNC(=NCc1ccc(Cl)s1)NC1CC1. The second-order valence-corrected chi connectivity index (χ2v) is 5.23. The first-order valence-electron chi connectivity index (χ1n) is 4.80. The van der Waals surface area contributed by atoms with Crippen LogP contribution in [0.3, 0.4) is 0 Å². The number of guanidine groups is 1. The first-order valence-corrected chi connectivity index (χ1v) is 5.99. The molecule has 0 bridgehead atoms. The molecule has 1 aliphatic rings. The zero-order chi connectivity index (χ0) is 10.7. The molecule has 4 N–H and O–H groups in total. The Hall–Kier alpha value is -0.780. The lowest BCUT2D eigenvalue weighted by Crippen LogP contribution is -2.42. The summed E-state index contributed by atoms with van der Waals surface area (Å²) in [6.07, 6.45) is 2.40. The van der Waals surface area contributed by atoms with Crippen molar-refractivity contribution in [3.05, 3.63) is 21.3 Å². The van der Waals surface area contributed by atoms with E-state index in [0.29, 0.717) is 18.5 Å². The minimum absolute atomic E-state index is 0.548. The van der Waals surface area contributed by atoms with E-state index in [1.54, 1.807) is 0 Å². The molecule has 0 unspecified atom stereocenters. The summed E-state index contributed by atoms with van der Waals surface area (Å²) < 4.78 is 0.789. The summed E-state index contributed by atoms with van der Waals surface area (Å²) in [5, 5.41) is 3.20. The molecule has 0 saturated heterocycles. The quantitative estimate of drug-likeness (QED) is 0.327. The van der Waals surface area contributed by atoms with Gasteiger partial charge in [0.15, 0.2) is 0 Å². The fraction of sp³-hybridized carbons (Fsp3) is 0.444. The van der Waals surface area contributed by atoms with Crippen molar-refractivity contribution >= 4 is 28.9 Å². The predicted molar refractivity (Wildman–Crippen MR) is 63.9 cm³/mol. The molecule has 2 rings (SSSR count). The molecular weight excluding hydrogens is 232 g/mol. The number of nitrogens with one attached hydrogen (secondary N) is 2. The van der Waals surface area contributed by atoms with Gasteiger partial charge in [0.1, 0.15) is 0 Å². The Morgan fingerprint density at radius 1 is 1.60 bits per heavy atom. The van der Waals surface area contributed by atoms with Crippen LogP contribution in [0.4, 0.5) is 0 Å². The molecule has 1 aromatic heterocycles. The van der Waals surface area contributed by atoms with Gasteiger partial charge in [0.25, 0.3) is 0 Å². The van der Waals surface area contributed by atoms with Crippen LogP contribution >= 0.6 is 22.9 Å². The van der Waals surface area contributed by atoms with E-state index in [-0.39, 0.29) is 0 Å². The third kappa shape index (κ3) is 3.37. The Kier molecular flexibility index (Phi) is 3.45. The van der Waals surface area contributed by atoms with Gasteiger partial charge in [0, 0.05) is 10.9 Å². The van der Waals surface area contributed by atoms with Crippen LogP contribution in [0.2, 0.25) is 4.34 Å². The molecule has 1 fully saturated rings. The average molecular weight is 245 g/mol. The molecule has 15 heavy (non-hydrogen) atoms. The van der Waals surface area contributed by atoms with Crippen molar-refractivity contribution in [1.82, 2.24) is 10.7 Å². The highest BCUT2D eigenvalue weighted by Gasteiger charge is 2.21. The normalized spacial score (nSPS) is 16.5. The average Bonchev–Trinajstić information content (AvgIpc) is 2.95. The molecule has 0 aromatic carbocycles. The third-order valence-corrected chi connectivity index (χ3v) is 3.29. The lowest BCUT2D eigenvalue weighted by Gasteiger charge is -2.06. The Bertz CT molecular complexity index is 359. The Morgan fingerprint density at radius 3 is 2.93 bits per heavy atom. The van der Waals surface area contributed by atoms with E-state index in [4.69, 9.17) is 17.4 Å². The number of rotatable bonds is 3. The van der Waals surface area contributed by atoms with Gasteiger partial charge < -0.3 is 5.32 Å². The molecule has 1 saturated carbocycles. The summed E-state index contributed by atoms with van der Waals surface area (Å²) in [5.74, 6) is 6.01. The van der Waals surface area contributed by atoms with Gasteiger partial charge in [-0.25, -0.2) is 10.8 Å². The van der Waals surface area contributed by atoms with Crippen molar-refractivity contribution in [2.24, 2.45) is 10.8 Å². The van der Waals surface area contributed by atoms with Crippen LogP contribution in [0, 0.1) is 0 Å². The zero-order valence-electron chi connectivity index (χ0n) is 8.16. The van der Waals surface area contributed by atoms with Crippen molar-refractivity contribution in [3.8, 4) is 0 Å². The van der Waals surface area contributed by atoms with E-state index in [1.165, 1.54) is 24.2 Å². The molecule has 82 valence electrons. The lowest BCUT2D eigenvalue weighted by molar-refractivity contribution is 0.822. The van der Waals surface area contributed by atoms with Crippen LogP contribution in [-0.4, -0.2) is 12.0 Å². The topological polar surface area (TPSA) is 62.4 Å². The molecule has 4 nitrogen and oxygen atoms in total. The van der Waals surface area contributed by atoms with Gasteiger partial charge >= 0.3 is 0 Å². The number of hydrogen-bond donors (Lipinski definition) is 3. The number of nitrogens with two attached hydrogens (primary N) is 1. The number of halogens is 1. The Morgan fingerprint density at radius 2 is 2.40 bits per heavy atom. The number of hydrazine groups is 1. The van der Waals surface area contributed by atoms with Gasteiger partial charge in [-0.05, 0) is 25.0 Å². The van der Waals surface area contributed by atoms with E-state index in [9.17, 15) is 0 Å². The Balaban J connectivity index is 1.89. The fourth-order valence-corrected chi connectivity index (χ4v) is 2.16. The number of thiophene rings is 1. The summed E-state index contributed by atoms with van der Waals surface area (Å²) in [7, 11) is 0. The van der Waals surface area contributed by atoms with Gasteiger partial charge in [0.05, 0.1) is 10.9 Å². The van der Waals surface area contributed by atoms with Crippen molar-refractivity contribution in [3.63, 3.8) is 0 Å². The summed E-state index contributed by atoms with van der Waals surface area (Å²) >= 11 is 7.35. The largest absolute Gasteiger partial charge is 0.353 e. The number of hydrogen-bond acceptors (Lipinski definition) is 3. The monoisotopic (exact) mass is 244 g/mol. The van der Waals surface area contributed by atoms with Crippen molar-refractivity contribution in [1.29, 1.82) is 0 Å². The Labute approximate surface area is 97.5 Å². The second kappa shape index (κ2) is 4.83. The van der Waals surface area contributed by atoms with Gasteiger partial charge in [-0.2, -0.15) is 0 Å². The molecule has 1 heterocycles. The van der Waals surface area contributed by atoms with Crippen LogP contribution in [0.25, 0.3) is 0 Å². The summed E-state index contributed by atoms with van der Waals surface area (Å²) in [5.41, 5.74) is 2.56. The minimum atomic E-state index is 0.548. The number of nitrogens with zero attached hydrogens (tertiary/aromatic N) is 1. The van der Waals surface area contributed by atoms with Gasteiger partial charge in [-0.3, -0.25) is 5.43 Å². The van der Waals surface area contributed by atoms with Crippen molar-refractivity contribution < 1.29 is 0 Å². The highest BCUT2D eigenvalue weighted by Crippen LogP contribution is 2.22. The first kappa shape index (κ1) is 10.7. The van der Waals surface area contributed by atoms with Gasteiger partial charge in [-0.15, -0.1) is 11.3 Å². The maximum atomic E-state index is 5.82. The predicted octanol–water partition coefficient (Wildman–Crippen LogP) is 1.47.